The van der Waals surface area contributed by atoms with Crippen LogP contribution >= 0.6 is 0 Å². The number of para-hydroxylation sites is 2. The SMILES string of the molecule is O=C(NN(Cn1nnc2ccccc21)c1ccccc1)c1ccccc1. The summed E-state index contributed by atoms with van der Waals surface area (Å²) >= 11 is 0. The lowest BCUT2D eigenvalue weighted by atomic mass is 10.2. The van der Waals surface area contributed by atoms with Gasteiger partial charge in [0.25, 0.3) is 5.91 Å². The van der Waals surface area contributed by atoms with Gasteiger partial charge in [-0.1, -0.05) is 53.7 Å². The van der Waals surface area contributed by atoms with Crippen LogP contribution in [0.4, 0.5) is 5.69 Å². The molecule has 1 N–H and O–H groups in total. The van der Waals surface area contributed by atoms with Crippen molar-refractivity contribution in [2.24, 2.45) is 0 Å². The highest BCUT2D eigenvalue weighted by atomic mass is 16.2. The second-order valence-corrected chi connectivity index (χ2v) is 5.79. The molecule has 0 radical (unpaired) electrons. The third-order valence-corrected chi connectivity index (χ3v) is 4.04. The highest BCUT2D eigenvalue weighted by molar-refractivity contribution is 5.95. The highest BCUT2D eigenvalue weighted by Crippen LogP contribution is 2.15. The topological polar surface area (TPSA) is 63.1 Å². The maximum absolute atomic E-state index is 12.6. The molecule has 6 nitrogen and oxygen atoms in total. The summed E-state index contributed by atoms with van der Waals surface area (Å²) in [5.74, 6) is -0.182. The van der Waals surface area contributed by atoms with Crippen molar-refractivity contribution < 1.29 is 4.79 Å². The van der Waals surface area contributed by atoms with Gasteiger partial charge in [0.05, 0.1) is 11.2 Å². The van der Waals surface area contributed by atoms with Crippen LogP contribution in [0.3, 0.4) is 0 Å². The van der Waals surface area contributed by atoms with Crippen LogP contribution in [-0.2, 0) is 6.67 Å². The average molecular weight is 343 g/mol. The first kappa shape index (κ1) is 15.8. The quantitative estimate of drug-likeness (QED) is 0.565. The van der Waals surface area contributed by atoms with E-state index in [1.807, 2.05) is 72.8 Å². The number of carbonyl (C=O) groups is 1. The number of carbonyl (C=O) groups excluding carboxylic acids is 1. The van der Waals surface area contributed by atoms with Gasteiger partial charge < -0.3 is 0 Å². The number of aromatic nitrogens is 3. The minimum absolute atomic E-state index is 0.182. The number of anilines is 1. The fraction of sp³-hybridized carbons (Fsp3) is 0.0500. The molecular weight excluding hydrogens is 326 g/mol. The molecule has 1 aromatic heterocycles. The van der Waals surface area contributed by atoms with Gasteiger partial charge >= 0.3 is 0 Å². The number of hydrogen-bond acceptors (Lipinski definition) is 4. The van der Waals surface area contributed by atoms with Crippen LogP contribution in [0.1, 0.15) is 10.4 Å². The van der Waals surface area contributed by atoms with Gasteiger partial charge in [-0.15, -0.1) is 5.10 Å². The molecule has 0 aliphatic carbocycles. The van der Waals surface area contributed by atoms with Gasteiger partial charge in [-0.3, -0.25) is 15.2 Å². The van der Waals surface area contributed by atoms with E-state index in [1.165, 1.54) is 0 Å². The second-order valence-electron chi connectivity index (χ2n) is 5.79. The zero-order chi connectivity index (χ0) is 17.8. The Bertz CT molecular complexity index is 1010. The molecule has 1 heterocycles. The van der Waals surface area contributed by atoms with Gasteiger partial charge in [0.1, 0.15) is 12.2 Å². The van der Waals surface area contributed by atoms with Crippen molar-refractivity contribution >= 4 is 22.6 Å². The van der Waals surface area contributed by atoms with E-state index < -0.39 is 0 Å². The molecule has 26 heavy (non-hydrogen) atoms. The van der Waals surface area contributed by atoms with E-state index in [9.17, 15) is 4.79 Å². The van der Waals surface area contributed by atoms with Crippen molar-refractivity contribution in [2.75, 3.05) is 5.01 Å². The van der Waals surface area contributed by atoms with E-state index in [4.69, 9.17) is 0 Å². The summed E-state index contributed by atoms with van der Waals surface area (Å²) in [5.41, 5.74) is 6.13. The summed E-state index contributed by atoms with van der Waals surface area (Å²) < 4.78 is 1.76. The van der Waals surface area contributed by atoms with Crippen molar-refractivity contribution in [1.82, 2.24) is 20.4 Å². The number of amides is 1. The number of rotatable bonds is 5. The van der Waals surface area contributed by atoms with Crippen molar-refractivity contribution in [3.05, 3.63) is 90.5 Å². The maximum atomic E-state index is 12.6. The van der Waals surface area contributed by atoms with Gasteiger partial charge in [-0.2, -0.15) is 0 Å². The third kappa shape index (κ3) is 3.25. The predicted molar refractivity (Wildman–Crippen MR) is 100 cm³/mol. The Balaban J connectivity index is 1.64. The lowest BCUT2D eigenvalue weighted by Gasteiger charge is -2.25. The van der Waals surface area contributed by atoms with Gasteiger partial charge in [0, 0.05) is 5.56 Å². The molecule has 0 unspecified atom stereocenters. The van der Waals surface area contributed by atoms with Gasteiger partial charge in [0.2, 0.25) is 0 Å². The Morgan fingerprint density at radius 1 is 0.885 bits per heavy atom. The Labute approximate surface area is 150 Å². The summed E-state index contributed by atoms with van der Waals surface area (Å²) in [4.78, 5) is 12.6. The summed E-state index contributed by atoms with van der Waals surface area (Å²) in [6, 6.07) is 26.5. The molecule has 0 atom stereocenters. The molecule has 128 valence electrons. The average Bonchev–Trinajstić information content (AvgIpc) is 3.12. The second kappa shape index (κ2) is 7.06. The number of nitrogens with one attached hydrogen (secondary N) is 1. The number of hydrazine groups is 1. The first-order valence-electron chi connectivity index (χ1n) is 8.28. The van der Waals surface area contributed by atoms with Gasteiger partial charge in [-0.05, 0) is 36.4 Å². The molecule has 6 heteroatoms. The predicted octanol–water partition coefficient (Wildman–Crippen LogP) is 3.24. The molecule has 4 rings (SSSR count). The number of nitrogens with zero attached hydrogens (tertiary/aromatic N) is 4. The van der Waals surface area contributed by atoms with Crippen LogP contribution in [0.25, 0.3) is 11.0 Å². The number of benzene rings is 3. The van der Waals surface area contributed by atoms with Crippen molar-refractivity contribution in [2.45, 2.75) is 6.67 Å². The van der Waals surface area contributed by atoms with Gasteiger partial charge in [-0.25, -0.2) is 4.68 Å². The molecular formula is C20H17N5O. The Hall–Kier alpha value is -3.67. The van der Waals surface area contributed by atoms with E-state index in [0.717, 1.165) is 16.7 Å². The minimum Gasteiger partial charge on any atom is -0.267 e. The van der Waals surface area contributed by atoms with E-state index in [0.29, 0.717) is 12.2 Å². The standard InChI is InChI=1S/C20H17N5O/c26-20(16-9-3-1-4-10-16)22-24(17-11-5-2-6-12-17)15-25-19-14-8-7-13-18(19)21-23-25/h1-14H,15H2,(H,22,26). The normalized spacial score (nSPS) is 10.6. The zero-order valence-electron chi connectivity index (χ0n) is 14.0. The molecule has 0 bridgehead atoms. The van der Waals surface area contributed by atoms with Crippen LogP contribution in [0.2, 0.25) is 0 Å². The van der Waals surface area contributed by atoms with Gasteiger partial charge in [0.15, 0.2) is 0 Å². The largest absolute Gasteiger partial charge is 0.269 e. The Morgan fingerprint density at radius 3 is 2.31 bits per heavy atom. The molecule has 0 spiro atoms. The molecule has 4 aromatic rings. The molecule has 1 amide bonds. The minimum atomic E-state index is -0.182. The van der Waals surface area contributed by atoms with Crippen LogP contribution in [-0.4, -0.2) is 20.9 Å². The first-order chi connectivity index (χ1) is 12.8. The van der Waals surface area contributed by atoms with Crippen LogP contribution in [0.5, 0.6) is 0 Å². The van der Waals surface area contributed by atoms with Crippen molar-refractivity contribution in [3.8, 4) is 0 Å². The molecule has 0 aliphatic rings. The van der Waals surface area contributed by atoms with E-state index in [2.05, 4.69) is 15.7 Å². The summed E-state index contributed by atoms with van der Waals surface area (Å²) in [6.45, 7) is 0.336. The summed E-state index contributed by atoms with van der Waals surface area (Å²) in [5, 5.41) is 10.2. The molecule has 0 aliphatic heterocycles. The van der Waals surface area contributed by atoms with Crippen LogP contribution < -0.4 is 10.4 Å². The lowest BCUT2D eigenvalue weighted by molar-refractivity contribution is 0.0945. The number of fused-ring (bicyclic) bond motifs is 1. The monoisotopic (exact) mass is 343 g/mol. The van der Waals surface area contributed by atoms with Crippen molar-refractivity contribution in [3.63, 3.8) is 0 Å². The lowest BCUT2D eigenvalue weighted by Crippen LogP contribution is -2.43. The Kier molecular flexibility index (Phi) is 4.30. The highest BCUT2D eigenvalue weighted by Gasteiger charge is 2.14. The van der Waals surface area contributed by atoms with E-state index in [-0.39, 0.29) is 5.91 Å². The summed E-state index contributed by atoms with van der Waals surface area (Å²) in [7, 11) is 0. The first-order valence-corrected chi connectivity index (χ1v) is 8.28. The fourth-order valence-electron chi connectivity index (χ4n) is 2.72. The Morgan fingerprint density at radius 2 is 1.54 bits per heavy atom. The molecule has 3 aromatic carbocycles. The molecule has 0 saturated heterocycles. The fourth-order valence-corrected chi connectivity index (χ4v) is 2.72. The smallest absolute Gasteiger partial charge is 0.267 e. The van der Waals surface area contributed by atoms with Crippen molar-refractivity contribution in [1.29, 1.82) is 0 Å². The van der Waals surface area contributed by atoms with Crippen LogP contribution in [0.15, 0.2) is 84.9 Å². The molecule has 0 saturated carbocycles. The van der Waals surface area contributed by atoms with E-state index >= 15 is 0 Å². The zero-order valence-corrected chi connectivity index (χ0v) is 14.0. The summed E-state index contributed by atoms with van der Waals surface area (Å²) in [6.07, 6.45) is 0. The maximum Gasteiger partial charge on any atom is 0.269 e. The third-order valence-electron chi connectivity index (χ3n) is 4.04. The number of hydrogen-bond donors (Lipinski definition) is 1. The molecule has 0 fully saturated rings. The van der Waals surface area contributed by atoms with E-state index in [1.54, 1.807) is 21.8 Å². The van der Waals surface area contributed by atoms with Crippen LogP contribution in [0, 0.1) is 0 Å².